The Balaban J connectivity index is 1.56. The standard InChI is InChI=1S/C16H21ClN2O4S/c17-12-2-1-3-15(6-12)24(22,23)18-13-7-14(8-13)19(10-16(20)21)9-11-4-5-11/h1-3,6,11,13-14,18H,4-5,7-10H2,(H,20,21). The van der Waals surface area contributed by atoms with Gasteiger partial charge in [-0.25, -0.2) is 13.1 Å². The molecule has 2 aliphatic rings. The minimum Gasteiger partial charge on any atom is -0.480 e. The number of nitrogens with zero attached hydrogens (tertiary/aromatic N) is 1. The summed E-state index contributed by atoms with van der Waals surface area (Å²) in [7, 11) is -3.60. The first-order chi connectivity index (χ1) is 11.3. The molecule has 0 unspecified atom stereocenters. The topological polar surface area (TPSA) is 86.7 Å². The largest absolute Gasteiger partial charge is 0.480 e. The molecule has 2 fully saturated rings. The van der Waals surface area contributed by atoms with Crippen molar-refractivity contribution in [3.8, 4) is 0 Å². The van der Waals surface area contributed by atoms with Gasteiger partial charge < -0.3 is 5.11 Å². The summed E-state index contributed by atoms with van der Waals surface area (Å²) in [4.78, 5) is 13.1. The first-order valence-electron chi connectivity index (χ1n) is 8.07. The van der Waals surface area contributed by atoms with E-state index >= 15 is 0 Å². The van der Waals surface area contributed by atoms with Crippen molar-refractivity contribution in [2.24, 2.45) is 5.92 Å². The first kappa shape index (κ1) is 17.7. The molecule has 0 atom stereocenters. The van der Waals surface area contributed by atoms with Crippen LogP contribution < -0.4 is 4.72 Å². The predicted molar refractivity (Wildman–Crippen MR) is 90.5 cm³/mol. The zero-order chi connectivity index (χ0) is 17.3. The van der Waals surface area contributed by atoms with Crippen LogP contribution in [0.15, 0.2) is 29.2 Å². The van der Waals surface area contributed by atoms with Crippen molar-refractivity contribution in [1.82, 2.24) is 9.62 Å². The van der Waals surface area contributed by atoms with Crippen molar-refractivity contribution < 1.29 is 18.3 Å². The van der Waals surface area contributed by atoms with Crippen LogP contribution in [0.3, 0.4) is 0 Å². The fraction of sp³-hybridized carbons (Fsp3) is 0.562. The average molecular weight is 373 g/mol. The van der Waals surface area contributed by atoms with E-state index in [4.69, 9.17) is 16.7 Å². The van der Waals surface area contributed by atoms with Gasteiger partial charge in [0.25, 0.3) is 0 Å². The maximum Gasteiger partial charge on any atom is 0.317 e. The van der Waals surface area contributed by atoms with Gasteiger partial charge in [-0.1, -0.05) is 17.7 Å². The van der Waals surface area contributed by atoms with Crippen molar-refractivity contribution in [3.63, 3.8) is 0 Å². The normalized spacial score (nSPS) is 23.9. The van der Waals surface area contributed by atoms with Crippen LogP contribution in [-0.2, 0) is 14.8 Å². The van der Waals surface area contributed by atoms with E-state index in [1.54, 1.807) is 12.1 Å². The number of benzene rings is 1. The van der Waals surface area contributed by atoms with Crippen LogP contribution >= 0.6 is 11.6 Å². The zero-order valence-corrected chi connectivity index (χ0v) is 14.8. The van der Waals surface area contributed by atoms with Gasteiger partial charge in [0.15, 0.2) is 0 Å². The van der Waals surface area contributed by atoms with Gasteiger partial charge in [-0.3, -0.25) is 9.69 Å². The number of carbonyl (C=O) groups is 1. The van der Waals surface area contributed by atoms with Gasteiger partial charge in [-0.15, -0.1) is 0 Å². The van der Waals surface area contributed by atoms with Gasteiger partial charge in [-0.2, -0.15) is 0 Å². The Bertz CT molecular complexity index is 715. The summed E-state index contributed by atoms with van der Waals surface area (Å²) in [6, 6.07) is 6.13. The lowest BCUT2D eigenvalue weighted by Gasteiger charge is -2.42. The molecule has 0 amide bonds. The molecule has 1 aromatic rings. The van der Waals surface area contributed by atoms with Gasteiger partial charge in [0.05, 0.1) is 11.4 Å². The van der Waals surface area contributed by atoms with Crippen LogP contribution in [0.1, 0.15) is 25.7 Å². The molecule has 2 N–H and O–H groups in total. The number of nitrogens with one attached hydrogen (secondary N) is 1. The minimum absolute atomic E-state index is 0.0227. The van der Waals surface area contributed by atoms with Gasteiger partial charge >= 0.3 is 5.97 Å². The molecule has 0 spiro atoms. The molecule has 0 aliphatic heterocycles. The third kappa shape index (κ3) is 4.47. The van der Waals surface area contributed by atoms with Crippen molar-refractivity contribution >= 4 is 27.6 Å². The van der Waals surface area contributed by atoms with Crippen LogP contribution in [0.2, 0.25) is 5.02 Å². The van der Waals surface area contributed by atoms with E-state index in [1.165, 1.54) is 12.1 Å². The van der Waals surface area contributed by atoms with E-state index in [2.05, 4.69) is 4.72 Å². The second-order valence-electron chi connectivity index (χ2n) is 6.67. The number of rotatable bonds is 8. The molecule has 3 rings (SSSR count). The van der Waals surface area contributed by atoms with Crippen LogP contribution in [0, 0.1) is 5.92 Å². The molecule has 0 saturated heterocycles. The number of hydrogen-bond acceptors (Lipinski definition) is 4. The van der Waals surface area contributed by atoms with E-state index in [0.717, 1.165) is 19.4 Å². The maximum atomic E-state index is 12.4. The number of halogens is 1. The van der Waals surface area contributed by atoms with E-state index in [0.29, 0.717) is 23.8 Å². The van der Waals surface area contributed by atoms with Crippen molar-refractivity contribution in [2.45, 2.75) is 42.7 Å². The average Bonchev–Trinajstić information content (AvgIpc) is 3.25. The summed E-state index contributed by atoms with van der Waals surface area (Å²) >= 11 is 5.85. The molecular formula is C16H21ClN2O4S. The summed E-state index contributed by atoms with van der Waals surface area (Å²) in [5.74, 6) is -0.231. The Morgan fingerprint density at radius 2 is 2.04 bits per heavy atom. The smallest absolute Gasteiger partial charge is 0.317 e. The monoisotopic (exact) mass is 372 g/mol. The number of sulfonamides is 1. The SMILES string of the molecule is O=C(O)CN(CC1CC1)C1CC(NS(=O)(=O)c2cccc(Cl)c2)C1. The van der Waals surface area contributed by atoms with Gasteiger partial charge in [0.2, 0.25) is 10.0 Å². The lowest BCUT2D eigenvalue weighted by atomic mass is 9.86. The Hall–Kier alpha value is -1.15. The summed E-state index contributed by atoms with van der Waals surface area (Å²) in [5.41, 5.74) is 0. The number of aliphatic carboxylic acids is 1. The van der Waals surface area contributed by atoms with Crippen LogP contribution in [-0.4, -0.2) is 49.6 Å². The Morgan fingerprint density at radius 1 is 1.33 bits per heavy atom. The van der Waals surface area contributed by atoms with Gasteiger partial charge in [-0.05, 0) is 49.8 Å². The second kappa shape index (κ2) is 7.00. The summed E-state index contributed by atoms with van der Waals surface area (Å²) in [6.45, 7) is 0.819. The lowest BCUT2D eigenvalue weighted by molar-refractivity contribution is -0.139. The highest BCUT2D eigenvalue weighted by atomic mass is 35.5. The van der Waals surface area contributed by atoms with Gasteiger partial charge in [0, 0.05) is 23.7 Å². The molecule has 8 heteroatoms. The third-order valence-electron chi connectivity index (χ3n) is 4.59. The molecule has 0 radical (unpaired) electrons. The number of carboxylic acids is 1. The highest BCUT2D eigenvalue weighted by Crippen LogP contribution is 2.34. The van der Waals surface area contributed by atoms with Crippen LogP contribution in [0.4, 0.5) is 0 Å². The number of carboxylic acid groups (broad SMARTS) is 1. The Morgan fingerprint density at radius 3 is 2.62 bits per heavy atom. The second-order valence-corrected chi connectivity index (χ2v) is 8.82. The summed E-state index contributed by atoms with van der Waals surface area (Å²) in [5, 5.41) is 9.42. The molecular weight excluding hydrogens is 352 g/mol. The minimum atomic E-state index is -3.60. The van der Waals surface area contributed by atoms with Crippen molar-refractivity contribution in [2.75, 3.05) is 13.1 Å². The van der Waals surface area contributed by atoms with E-state index < -0.39 is 16.0 Å². The molecule has 6 nitrogen and oxygen atoms in total. The first-order valence-corrected chi connectivity index (χ1v) is 9.93. The van der Waals surface area contributed by atoms with Gasteiger partial charge in [0.1, 0.15) is 0 Å². The van der Waals surface area contributed by atoms with Crippen molar-refractivity contribution in [1.29, 1.82) is 0 Å². The molecule has 2 saturated carbocycles. The highest BCUT2D eigenvalue weighted by Gasteiger charge is 2.38. The molecule has 2 aliphatic carbocycles. The lowest BCUT2D eigenvalue weighted by Crippen LogP contribution is -2.55. The third-order valence-corrected chi connectivity index (χ3v) is 6.34. The quantitative estimate of drug-likeness (QED) is 0.728. The fourth-order valence-corrected chi connectivity index (χ4v) is 4.61. The molecule has 0 aromatic heterocycles. The highest BCUT2D eigenvalue weighted by molar-refractivity contribution is 7.89. The number of hydrogen-bond donors (Lipinski definition) is 2. The molecule has 0 heterocycles. The molecule has 1 aromatic carbocycles. The maximum absolute atomic E-state index is 12.4. The van der Waals surface area contributed by atoms with E-state index in [1.807, 2.05) is 4.90 Å². The van der Waals surface area contributed by atoms with Crippen molar-refractivity contribution in [3.05, 3.63) is 29.3 Å². The van der Waals surface area contributed by atoms with E-state index in [-0.39, 0.29) is 23.5 Å². The van der Waals surface area contributed by atoms with Crippen LogP contribution in [0.5, 0.6) is 0 Å². The fourth-order valence-electron chi connectivity index (χ4n) is 3.05. The molecule has 0 bridgehead atoms. The molecule has 24 heavy (non-hydrogen) atoms. The molecule has 132 valence electrons. The zero-order valence-electron chi connectivity index (χ0n) is 13.2. The Labute approximate surface area is 146 Å². The van der Waals surface area contributed by atoms with E-state index in [9.17, 15) is 13.2 Å². The Kier molecular flexibility index (Phi) is 5.15. The summed E-state index contributed by atoms with van der Waals surface area (Å²) in [6.07, 6.45) is 3.60. The van der Waals surface area contributed by atoms with Crippen LogP contribution in [0.25, 0.3) is 0 Å². The summed E-state index contributed by atoms with van der Waals surface area (Å²) < 4.78 is 27.4. The predicted octanol–water partition coefficient (Wildman–Crippen LogP) is 1.95.